The van der Waals surface area contributed by atoms with Crippen molar-refractivity contribution in [3.63, 3.8) is 0 Å². The molecule has 2 aliphatic rings. The Labute approximate surface area is 183 Å². The third-order valence-corrected chi connectivity index (χ3v) is 6.41. The maximum absolute atomic E-state index is 6.44. The number of ether oxygens (including phenoxy) is 1. The van der Waals surface area contributed by atoms with Gasteiger partial charge < -0.3 is 4.74 Å². The number of fused-ring (bicyclic) bond motifs is 4. The fourth-order valence-electron chi connectivity index (χ4n) is 4.44. The van der Waals surface area contributed by atoms with Crippen LogP contribution in [0, 0.1) is 0 Å². The van der Waals surface area contributed by atoms with Gasteiger partial charge >= 0.3 is 0 Å². The van der Waals surface area contributed by atoms with Crippen molar-refractivity contribution in [2.24, 2.45) is 5.10 Å². The van der Waals surface area contributed by atoms with E-state index in [-0.39, 0.29) is 12.3 Å². The van der Waals surface area contributed by atoms with Gasteiger partial charge in [-0.3, -0.25) is 0 Å². The number of hydrogen-bond acceptors (Lipinski definition) is 3. The van der Waals surface area contributed by atoms with Gasteiger partial charge in [-0.15, -0.1) is 0 Å². The summed E-state index contributed by atoms with van der Waals surface area (Å²) in [5.74, 6) is 0.934. The lowest BCUT2D eigenvalue weighted by molar-refractivity contribution is -0.0190. The minimum atomic E-state index is -0.233. The van der Waals surface area contributed by atoms with Crippen molar-refractivity contribution >= 4 is 32.4 Å². The van der Waals surface area contributed by atoms with E-state index in [9.17, 15) is 0 Å². The molecular weight excluding hydrogens is 436 g/mol. The van der Waals surface area contributed by atoms with E-state index in [0.29, 0.717) is 0 Å². The largest absolute Gasteiger partial charge is 0.464 e. The van der Waals surface area contributed by atoms with Crippen LogP contribution < -0.4 is 4.74 Å². The van der Waals surface area contributed by atoms with Gasteiger partial charge in [0.25, 0.3) is 0 Å². The molecule has 0 aliphatic carbocycles. The number of rotatable bonds is 2. The Morgan fingerprint density at radius 2 is 1.63 bits per heavy atom. The molecule has 2 heterocycles. The molecular formula is C26H19BrN2O. The van der Waals surface area contributed by atoms with Crippen molar-refractivity contribution in [2.75, 3.05) is 0 Å². The third kappa shape index (κ3) is 2.91. The highest BCUT2D eigenvalue weighted by molar-refractivity contribution is 9.10. The number of halogens is 1. The van der Waals surface area contributed by atoms with Gasteiger partial charge in [0.2, 0.25) is 6.23 Å². The first-order valence-corrected chi connectivity index (χ1v) is 10.9. The summed E-state index contributed by atoms with van der Waals surface area (Å²) in [6.07, 6.45) is 0.622. The molecule has 0 radical (unpaired) electrons. The quantitative estimate of drug-likeness (QED) is 0.331. The number of hydrogen-bond donors (Lipinski definition) is 0. The van der Waals surface area contributed by atoms with E-state index in [2.05, 4.69) is 99.8 Å². The fourth-order valence-corrected chi connectivity index (χ4v) is 4.82. The Kier molecular flexibility index (Phi) is 4.13. The van der Waals surface area contributed by atoms with E-state index in [1.54, 1.807) is 0 Å². The normalized spacial score (nSPS) is 19.8. The predicted molar refractivity (Wildman–Crippen MR) is 124 cm³/mol. The first kappa shape index (κ1) is 17.7. The lowest BCUT2D eigenvalue weighted by Crippen LogP contribution is -2.33. The van der Waals surface area contributed by atoms with Gasteiger partial charge in [-0.1, -0.05) is 82.7 Å². The van der Waals surface area contributed by atoms with Gasteiger partial charge in [-0.2, -0.15) is 5.10 Å². The van der Waals surface area contributed by atoms with E-state index >= 15 is 0 Å². The second kappa shape index (κ2) is 6.99. The van der Waals surface area contributed by atoms with Crippen LogP contribution in [0.15, 0.2) is 101 Å². The molecule has 0 aromatic heterocycles. The molecule has 0 saturated carbocycles. The molecule has 0 fully saturated rings. The van der Waals surface area contributed by atoms with Crippen molar-refractivity contribution in [1.82, 2.24) is 5.01 Å². The summed E-state index contributed by atoms with van der Waals surface area (Å²) in [6, 6.07) is 31.8. The van der Waals surface area contributed by atoms with Gasteiger partial charge in [0.1, 0.15) is 5.75 Å². The molecule has 0 N–H and O–H groups in total. The Hall–Kier alpha value is -3.11. The van der Waals surface area contributed by atoms with Crippen LogP contribution in [0.3, 0.4) is 0 Å². The third-order valence-electron chi connectivity index (χ3n) is 5.92. The smallest absolute Gasteiger partial charge is 0.213 e. The van der Waals surface area contributed by atoms with E-state index in [1.165, 1.54) is 21.9 Å². The molecule has 2 atom stereocenters. The van der Waals surface area contributed by atoms with E-state index in [1.807, 2.05) is 12.1 Å². The highest BCUT2D eigenvalue weighted by atomic mass is 79.9. The van der Waals surface area contributed by atoms with Crippen LogP contribution in [0.4, 0.5) is 0 Å². The van der Waals surface area contributed by atoms with Crippen LogP contribution >= 0.6 is 15.9 Å². The summed E-state index contributed by atoms with van der Waals surface area (Å²) in [5, 5.41) is 9.70. The standard InChI is InChI=1S/C26H19BrN2O/c27-21-12-13-25-22(15-21)24-16-23(20-11-10-17-6-4-5-9-19(17)14-20)28-29(24)26(30-25)18-7-2-1-3-8-18/h1-15,24,26H,16H2/t24-,26+/m1/s1. The van der Waals surface area contributed by atoms with E-state index in [0.717, 1.165) is 27.9 Å². The molecule has 6 rings (SSSR count). The molecule has 0 unspecified atom stereocenters. The Bertz CT molecular complexity index is 1280. The van der Waals surface area contributed by atoms with Gasteiger partial charge in [-0.25, -0.2) is 5.01 Å². The first-order valence-electron chi connectivity index (χ1n) is 10.1. The molecule has 4 aromatic rings. The lowest BCUT2D eigenvalue weighted by atomic mass is 9.95. The predicted octanol–water partition coefficient (Wildman–Crippen LogP) is 6.84. The van der Waals surface area contributed by atoms with Crippen LogP contribution in [0.2, 0.25) is 0 Å². The van der Waals surface area contributed by atoms with Crippen LogP contribution in [-0.2, 0) is 0 Å². The van der Waals surface area contributed by atoms with Crippen molar-refractivity contribution in [1.29, 1.82) is 0 Å². The second-order valence-electron chi connectivity index (χ2n) is 7.77. The zero-order valence-electron chi connectivity index (χ0n) is 16.2. The highest BCUT2D eigenvalue weighted by Crippen LogP contribution is 2.48. The Morgan fingerprint density at radius 3 is 2.50 bits per heavy atom. The molecule has 4 aromatic carbocycles. The molecule has 3 nitrogen and oxygen atoms in total. The van der Waals surface area contributed by atoms with Crippen molar-refractivity contribution < 1.29 is 4.74 Å². The average Bonchev–Trinajstić information content (AvgIpc) is 3.25. The molecule has 0 amide bonds. The maximum atomic E-state index is 6.44. The lowest BCUT2D eigenvalue weighted by Gasteiger charge is -2.38. The molecule has 146 valence electrons. The summed E-state index contributed by atoms with van der Waals surface area (Å²) in [7, 11) is 0. The molecule has 4 heteroatoms. The summed E-state index contributed by atoms with van der Waals surface area (Å²) in [4.78, 5) is 0. The Morgan fingerprint density at radius 1 is 0.833 bits per heavy atom. The summed E-state index contributed by atoms with van der Waals surface area (Å²) in [6.45, 7) is 0. The van der Waals surface area contributed by atoms with Crippen LogP contribution in [0.25, 0.3) is 10.8 Å². The van der Waals surface area contributed by atoms with E-state index < -0.39 is 0 Å². The summed E-state index contributed by atoms with van der Waals surface area (Å²) >= 11 is 3.62. The Balaban J connectivity index is 1.46. The molecule has 30 heavy (non-hydrogen) atoms. The minimum Gasteiger partial charge on any atom is -0.464 e. The van der Waals surface area contributed by atoms with Crippen LogP contribution in [0.5, 0.6) is 5.75 Å². The molecule has 0 bridgehead atoms. The van der Waals surface area contributed by atoms with Crippen molar-refractivity contribution in [2.45, 2.75) is 18.7 Å². The highest BCUT2D eigenvalue weighted by Gasteiger charge is 2.41. The monoisotopic (exact) mass is 454 g/mol. The van der Waals surface area contributed by atoms with Crippen LogP contribution in [0.1, 0.15) is 35.4 Å². The zero-order valence-corrected chi connectivity index (χ0v) is 17.8. The van der Waals surface area contributed by atoms with Crippen molar-refractivity contribution in [3.8, 4) is 5.75 Å². The fraction of sp³-hybridized carbons (Fsp3) is 0.115. The van der Waals surface area contributed by atoms with Gasteiger partial charge in [0.15, 0.2) is 0 Å². The first-order chi connectivity index (χ1) is 14.8. The van der Waals surface area contributed by atoms with Crippen molar-refractivity contribution in [3.05, 3.63) is 112 Å². The number of nitrogens with zero attached hydrogens (tertiary/aromatic N) is 2. The number of hydrazone groups is 1. The molecule has 0 spiro atoms. The average molecular weight is 455 g/mol. The zero-order chi connectivity index (χ0) is 20.1. The SMILES string of the molecule is Brc1ccc2c(c1)[C@H]1CC(c3ccc4ccccc4c3)=NN1[C@H](c1ccccc1)O2. The molecule has 0 saturated heterocycles. The number of benzene rings is 4. The topological polar surface area (TPSA) is 24.8 Å². The van der Waals surface area contributed by atoms with Gasteiger partial charge in [0, 0.05) is 22.0 Å². The summed E-state index contributed by atoms with van der Waals surface area (Å²) in [5.41, 5.74) is 4.56. The molecule has 2 aliphatic heterocycles. The van der Waals surface area contributed by atoms with Gasteiger partial charge in [0.05, 0.1) is 11.8 Å². The van der Waals surface area contributed by atoms with E-state index in [4.69, 9.17) is 9.84 Å². The maximum Gasteiger partial charge on any atom is 0.213 e. The second-order valence-corrected chi connectivity index (χ2v) is 8.69. The minimum absolute atomic E-state index is 0.151. The van der Waals surface area contributed by atoms with Crippen LogP contribution in [-0.4, -0.2) is 10.7 Å². The summed E-state index contributed by atoms with van der Waals surface area (Å²) < 4.78 is 7.50. The van der Waals surface area contributed by atoms with Gasteiger partial charge in [-0.05, 0) is 40.6 Å².